The zero-order valence-electron chi connectivity index (χ0n) is 9.98. The van der Waals surface area contributed by atoms with Crippen LogP contribution in [0, 0.1) is 11.3 Å². The van der Waals surface area contributed by atoms with Crippen molar-refractivity contribution in [2.75, 3.05) is 7.05 Å². The normalized spacial score (nSPS) is 21.9. The van der Waals surface area contributed by atoms with Crippen molar-refractivity contribution < 1.29 is 19.6 Å². The van der Waals surface area contributed by atoms with E-state index >= 15 is 0 Å². The van der Waals surface area contributed by atoms with Crippen LogP contribution in [0.2, 0.25) is 0 Å². The molecule has 2 rings (SSSR count). The van der Waals surface area contributed by atoms with Crippen LogP contribution in [0.5, 0.6) is 0 Å². The van der Waals surface area contributed by atoms with E-state index in [4.69, 9.17) is 5.41 Å². The Hall–Kier alpha value is -1.95. The first kappa shape index (κ1) is 12.5. The lowest BCUT2D eigenvalue weighted by atomic mass is 10.2. The molecule has 18 heavy (non-hydrogen) atoms. The molecule has 96 valence electrons. The quantitative estimate of drug-likeness (QED) is 0.506. The highest BCUT2D eigenvalue weighted by Gasteiger charge is 2.34. The number of hydrogen-bond donors (Lipinski definition) is 3. The van der Waals surface area contributed by atoms with Crippen molar-refractivity contribution in [2.24, 2.45) is 5.92 Å². The monoisotopic (exact) mass is 252 g/mol. The van der Waals surface area contributed by atoms with E-state index in [0.29, 0.717) is 11.9 Å². The van der Waals surface area contributed by atoms with Gasteiger partial charge in [-0.2, -0.15) is 0 Å². The van der Waals surface area contributed by atoms with E-state index in [9.17, 15) is 14.3 Å². The van der Waals surface area contributed by atoms with Crippen molar-refractivity contribution in [1.82, 2.24) is 4.90 Å². The van der Waals surface area contributed by atoms with Crippen LogP contribution in [0.1, 0.15) is 12.8 Å². The first-order valence-electron chi connectivity index (χ1n) is 5.68. The molecule has 1 aliphatic heterocycles. The lowest BCUT2D eigenvalue weighted by Crippen LogP contribution is -2.77. The standard InChI is InChI=1S/C12H14FN3O2/c1-16(12(18)7-2-3-7)8-4-9(13)11(15-6-8)10(17)5-14/h4-7,14-15,17H,2-3H2,1H3/p+1/b11-10+,14-5?. The number of nitrogens with one attached hydrogen (secondary N) is 1. The van der Waals surface area contributed by atoms with Gasteiger partial charge in [0, 0.05) is 19.0 Å². The molecule has 0 unspecified atom stereocenters. The summed E-state index contributed by atoms with van der Waals surface area (Å²) in [7, 11) is 1.61. The second-order valence-electron chi connectivity index (χ2n) is 4.37. The summed E-state index contributed by atoms with van der Waals surface area (Å²) in [5, 5.41) is 17.5. The van der Waals surface area contributed by atoms with Crippen molar-refractivity contribution in [1.29, 1.82) is 5.41 Å². The van der Waals surface area contributed by atoms with Gasteiger partial charge in [0.05, 0.1) is 6.21 Å². The summed E-state index contributed by atoms with van der Waals surface area (Å²) >= 11 is 0. The van der Waals surface area contributed by atoms with E-state index in [1.165, 1.54) is 16.3 Å². The molecular formula is C12H15FN3O2+. The largest absolute Gasteiger partial charge is 0.502 e. The number of halogens is 1. The number of likely N-dealkylation sites (N-methyl/N-ethyl adjacent to an activating group) is 1. The highest BCUT2D eigenvalue weighted by molar-refractivity contribution is 5.83. The fourth-order valence-electron chi connectivity index (χ4n) is 1.73. The molecule has 1 fully saturated rings. The van der Waals surface area contributed by atoms with Crippen LogP contribution in [0.25, 0.3) is 0 Å². The third-order valence-corrected chi connectivity index (χ3v) is 3.01. The number of nitrogens with two attached hydrogens (primary N) is 1. The van der Waals surface area contributed by atoms with Crippen LogP contribution in [-0.2, 0) is 4.79 Å². The van der Waals surface area contributed by atoms with E-state index in [-0.39, 0.29) is 17.5 Å². The molecule has 1 aliphatic carbocycles. The number of amides is 1. The van der Waals surface area contributed by atoms with E-state index in [0.717, 1.165) is 12.8 Å². The number of carbonyl (C=O) groups excluding carboxylic acids is 1. The molecule has 1 saturated carbocycles. The Morgan fingerprint density at radius 1 is 1.67 bits per heavy atom. The smallest absolute Gasteiger partial charge is 0.229 e. The van der Waals surface area contributed by atoms with Crippen LogP contribution in [-0.4, -0.2) is 29.2 Å². The molecule has 4 N–H and O–H groups in total. The van der Waals surface area contributed by atoms with Crippen molar-refractivity contribution in [3.05, 3.63) is 35.3 Å². The first-order chi connectivity index (χ1) is 8.54. The van der Waals surface area contributed by atoms with Crippen molar-refractivity contribution in [3.63, 3.8) is 0 Å². The summed E-state index contributed by atoms with van der Waals surface area (Å²) in [4.78, 5) is 13.2. The average molecular weight is 252 g/mol. The molecule has 2 aliphatic rings. The molecule has 0 atom stereocenters. The van der Waals surface area contributed by atoms with Gasteiger partial charge < -0.3 is 15.4 Å². The van der Waals surface area contributed by atoms with Crippen molar-refractivity contribution in [2.45, 2.75) is 12.8 Å². The average Bonchev–Trinajstić information content (AvgIpc) is 3.20. The maximum Gasteiger partial charge on any atom is 0.229 e. The second kappa shape index (κ2) is 4.73. The number of rotatable bonds is 3. The number of hydrogen-bond acceptors (Lipinski definition) is 3. The molecule has 0 bridgehead atoms. The van der Waals surface area contributed by atoms with Gasteiger partial charge in [0.25, 0.3) is 0 Å². The summed E-state index contributed by atoms with van der Waals surface area (Å²) in [5.74, 6) is -1.03. The Morgan fingerprint density at radius 3 is 2.83 bits per heavy atom. The van der Waals surface area contributed by atoms with Gasteiger partial charge in [-0.1, -0.05) is 0 Å². The molecule has 0 saturated heterocycles. The topological polar surface area (TPSA) is 81.0 Å². The van der Waals surface area contributed by atoms with E-state index < -0.39 is 11.6 Å². The fraction of sp³-hybridized carbons (Fsp3) is 0.333. The molecule has 0 aromatic carbocycles. The van der Waals surface area contributed by atoms with Gasteiger partial charge in [-0.3, -0.25) is 10.1 Å². The van der Waals surface area contributed by atoms with Gasteiger partial charge in [0.2, 0.25) is 11.6 Å². The minimum atomic E-state index is -0.649. The van der Waals surface area contributed by atoms with Crippen LogP contribution in [0.3, 0.4) is 0 Å². The third kappa shape index (κ3) is 2.33. The van der Waals surface area contributed by atoms with Crippen LogP contribution in [0.15, 0.2) is 35.3 Å². The summed E-state index contributed by atoms with van der Waals surface area (Å²) in [6.07, 6.45) is 5.21. The second-order valence-corrected chi connectivity index (χ2v) is 4.37. The number of quaternary nitrogens is 1. The number of aliphatic hydroxyl groups is 1. The van der Waals surface area contributed by atoms with Crippen LogP contribution in [0.4, 0.5) is 4.39 Å². The van der Waals surface area contributed by atoms with Gasteiger partial charge in [-0.15, -0.1) is 0 Å². The Balaban J connectivity index is 2.16. The Bertz CT molecular complexity index is 490. The van der Waals surface area contributed by atoms with Crippen LogP contribution < -0.4 is 5.32 Å². The molecule has 1 heterocycles. The zero-order valence-corrected chi connectivity index (χ0v) is 9.98. The maximum absolute atomic E-state index is 13.7. The highest BCUT2D eigenvalue weighted by Crippen LogP contribution is 2.32. The van der Waals surface area contributed by atoms with Gasteiger partial charge in [0.1, 0.15) is 11.9 Å². The molecular weight excluding hydrogens is 237 g/mol. The Kier molecular flexibility index (Phi) is 3.29. The molecule has 5 nitrogen and oxygen atoms in total. The summed E-state index contributed by atoms with van der Waals surface area (Å²) in [6, 6.07) is 0. The lowest BCUT2D eigenvalue weighted by Gasteiger charge is -2.19. The Morgan fingerprint density at radius 2 is 2.33 bits per heavy atom. The number of allylic oxidation sites excluding steroid dienone is 3. The van der Waals surface area contributed by atoms with Crippen LogP contribution >= 0.6 is 0 Å². The molecule has 0 spiro atoms. The lowest BCUT2D eigenvalue weighted by molar-refractivity contribution is -0.537. The molecule has 6 heteroatoms. The fourth-order valence-corrected chi connectivity index (χ4v) is 1.73. The number of aliphatic hydroxyl groups excluding tert-OH is 1. The SMILES string of the molecule is CN(C(=O)C1CC1)C1=C[NH2+]/C(=C(/O)C=N)C(F)=C1. The van der Waals surface area contributed by atoms with Gasteiger partial charge in [0.15, 0.2) is 11.6 Å². The Labute approximate surface area is 104 Å². The van der Waals surface area contributed by atoms with E-state index in [2.05, 4.69) is 0 Å². The molecule has 0 aromatic rings. The van der Waals surface area contributed by atoms with Gasteiger partial charge in [-0.25, -0.2) is 4.39 Å². The van der Waals surface area contributed by atoms with Crippen molar-refractivity contribution >= 4 is 12.1 Å². The molecule has 0 radical (unpaired) electrons. The minimum Gasteiger partial charge on any atom is -0.502 e. The molecule has 1 amide bonds. The van der Waals surface area contributed by atoms with E-state index in [1.807, 2.05) is 0 Å². The third-order valence-electron chi connectivity index (χ3n) is 3.01. The van der Waals surface area contributed by atoms with Gasteiger partial charge >= 0.3 is 0 Å². The number of nitrogens with zero attached hydrogens (tertiary/aromatic N) is 1. The van der Waals surface area contributed by atoms with Crippen molar-refractivity contribution in [3.8, 4) is 0 Å². The number of carbonyl (C=O) groups is 1. The summed E-state index contributed by atoms with van der Waals surface area (Å²) < 4.78 is 13.7. The maximum atomic E-state index is 13.7. The summed E-state index contributed by atoms with van der Waals surface area (Å²) in [6.45, 7) is 0. The molecule has 0 aromatic heterocycles. The zero-order chi connectivity index (χ0) is 13.3. The predicted octanol–water partition coefficient (Wildman–Crippen LogP) is 0.546. The predicted molar refractivity (Wildman–Crippen MR) is 63.1 cm³/mol. The minimum absolute atomic E-state index is 0.0117. The highest BCUT2D eigenvalue weighted by atomic mass is 19.1. The van der Waals surface area contributed by atoms with Gasteiger partial charge in [-0.05, 0) is 12.8 Å². The summed E-state index contributed by atoms with van der Waals surface area (Å²) in [5.41, 5.74) is 0.409. The van der Waals surface area contributed by atoms with E-state index in [1.54, 1.807) is 13.2 Å². The first-order valence-corrected chi connectivity index (χ1v) is 5.68.